The first kappa shape index (κ1) is 14.6. The van der Waals surface area contributed by atoms with Crippen molar-refractivity contribution in [3.05, 3.63) is 10.6 Å². The first-order chi connectivity index (χ1) is 6.72. The minimum Gasteiger partial charge on any atom is -0.444 e. The van der Waals surface area contributed by atoms with Gasteiger partial charge >= 0.3 is 6.09 Å². The Morgan fingerprint density at radius 2 is 1.93 bits per heavy atom. The lowest BCUT2D eigenvalue weighted by molar-refractivity contribution is 0.0302. The first-order valence-electron chi connectivity index (χ1n) is 4.67. The molecule has 0 aliphatic carbocycles. The van der Waals surface area contributed by atoms with E-state index in [0.717, 1.165) is 0 Å². The van der Waals surface area contributed by atoms with Crippen LogP contribution in [-0.2, 0) is 4.74 Å². The number of nitrogens with zero attached hydrogens (tertiary/aromatic N) is 1. The SMILES string of the molecule is CN(CCC=C(Cl)Cl)C(=O)OC(C)(C)C. The topological polar surface area (TPSA) is 29.5 Å². The number of rotatable bonds is 3. The first-order valence-corrected chi connectivity index (χ1v) is 5.43. The molecule has 88 valence electrons. The van der Waals surface area contributed by atoms with Crippen LogP contribution in [0.5, 0.6) is 0 Å². The van der Waals surface area contributed by atoms with Gasteiger partial charge in [0.15, 0.2) is 0 Å². The Hall–Kier alpha value is -0.410. The highest BCUT2D eigenvalue weighted by Crippen LogP contribution is 2.10. The van der Waals surface area contributed by atoms with Crippen molar-refractivity contribution in [2.75, 3.05) is 13.6 Å². The zero-order chi connectivity index (χ0) is 12.1. The average Bonchev–Trinajstić information content (AvgIpc) is 1.99. The van der Waals surface area contributed by atoms with Crippen LogP contribution in [0.4, 0.5) is 4.79 Å². The van der Waals surface area contributed by atoms with Gasteiger partial charge in [-0.05, 0) is 27.2 Å². The maximum Gasteiger partial charge on any atom is 0.410 e. The van der Waals surface area contributed by atoms with E-state index in [1.165, 1.54) is 4.90 Å². The van der Waals surface area contributed by atoms with Gasteiger partial charge in [-0.25, -0.2) is 4.79 Å². The summed E-state index contributed by atoms with van der Waals surface area (Å²) in [5.74, 6) is 0. The molecule has 0 unspecified atom stereocenters. The molecule has 0 atom stereocenters. The van der Waals surface area contributed by atoms with Crippen LogP contribution in [0.2, 0.25) is 0 Å². The minimum atomic E-state index is -0.467. The molecule has 0 aromatic rings. The largest absolute Gasteiger partial charge is 0.444 e. The maximum atomic E-state index is 11.5. The van der Waals surface area contributed by atoms with Crippen molar-refractivity contribution in [2.24, 2.45) is 0 Å². The number of hydrogen-bond acceptors (Lipinski definition) is 2. The van der Waals surface area contributed by atoms with Crippen molar-refractivity contribution in [3.8, 4) is 0 Å². The van der Waals surface area contributed by atoms with Gasteiger partial charge in [-0.3, -0.25) is 0 Å². The molecule has 0 N–H and O–H groups in total. The second-order valence-electron chi connectivity index (χ2n) is 4.18. The lowest BCUT2D eigenvalue weighted by Gasteiger charge is -2.24. The predicted molar refractivity (Wildman–Crippen MR) is 63.3 cm³/mol. The molecule has 15 heavy (non-hydrogen) atoms. The summed E-state index contributed by atoms with van der Waals surface area (Å²) in [4.78, 5) is 12.9. The van der Waals surface area contributed by atoms with Crippen molar-refractivity contribution in [3.63, 3.8) is 0 Å². The molecule has 1 amide bonds. The summed E-state index contributed by atoms with van der Waals surface area (Å²) in [6.45, 7) is 6.01. The zero-order valence-electron chi connectivity index (χ0n) is 9.51. The van der Waals surface area contributed by atoms with Crippen molar-refractivity contribution < 1.29 is 9.53 Å². The van der Waals surface area contributed by atoms with Crippen LogP contribution < -0.4 is 0 Å². The fraction of sp³-hybridized carbons (Fsp3) is 0.700. The molecule has 5 heteroatoms. The summed E-state index contributed by atoms with van der Waals surface area (Å²) in [5.41, 5.74) is -0.467. The van der Waals surface area contributed by atoms with Crippen LogP contribution in [0.15, 0.2) is 10.6 Å². The van der Waals surface area contributed by atoms with Crippen molar-refractivity contribution >= 4 is 29.3 Å². The Kier molecular flexibility index (Phi) is 6.06. The molecule has 0 aliphatic heterocycles. The lowest BCUT2D eigenvalue weighted by Crippen LogP contribution is -2.34. The van der Waals surface area contributed by atoms with Gasteiger partial charge < -0.3 is 9.64 Å². The highest BCUT2D eigenvalue weighted by atomic mass is 35.5. The molecule has 0 aromatic carbocycles. The molecule has 3 nitrogen and oxygen atoms in total. The van der Waals surface area contributed by atoms with Gasteiger partial charge in [0, 0.05) is 13.6 Å². The van der Waals surface area contributed by atoms with Crippen LogP contribution in [0.1, 0.15) is 27.2 Å². The van der Waals surface area contributed by atoms with E-state index in [0.29, 0.717) is 13.0 Å². The fourth-order valence-electron chi connectivity index (χ4n) is 0.798. The van der Waals surface area contributed by atoms with Gasteiger partial charge in [0.05, 0.1) is 0 Å². The highest BCUT2D eigenvalue weighted by Gasteiger charge is 2.18. The van der Waals surface area contributed by atoms with Gasteiger partial charge in [-0.2, -0.15) is 0 Å². The van der Waals surface area contributed by atoms with Gasteiger partial charge in [-0.1, -0.05) is 29.3 Å². The summed E-state index contributed by atoms with van der Waals surface area (Å²) in [6.07, 6.45) is 1.91. The van der Waals surface area contributed by atoms with Crippen molar-refractivity contribution in [1.29, 1.82) is 0 Å². The van der Waals surface area contributed by atoms with Crippen molar-refractivity contribution in [1.82, 2.24) is 4.90 Å². The quantitative estimate of drug-likeness (QED) is 0.770. The number of halogens is 2. The average molecular weight is 254 g/mol. The number of carbonyl (C=O) groups is 1. The Labute approximate surface area is 101 Å². The van der Waals surface area contributed by atoms with Gasteiger partial charge in [0.25, 0.3) is 0 Å². The number of carbonyl (C=O) groups excluding carboxylic acids is 1. The van der Waals surface area contributed by atoms with E-state index in [1.807, 2.05) is 20.8 Å². The van der Waals surface area contributed by atoms with E-state index in [4.69, 9.17) is 27.9 Å². The van der Waals surface area contributed by atoms with Gasteiger partial charge in [0.1, 0.15) is 10.1 Å². The molecule has 0 radical (unpaired) electrons. The molecule has 0 saturated carbocycles. The third-order valence-electron chi connectivity index (χ3n) is 1.47. The molecular formula is C10H17Cl2NO2. The number of ether oxygens (including phenoxy) is 1. The molecule has 0 aromatic heterocycles. The second kappa shape index (κ2) is 6.23. The third-order valence-corrected chi connectivity index (χ3v) is 1.78. The summed E-state index contributed by atoms with van der Waals surface area (Å²) in [5, 5.41) is 0. The number of amides is 1. The van der Waals surface area contributed by atoms with E-state index < -0.39 is 5.60 Å². The Balaban J connectivity index is 3.95. The Morgan fingerprint density at radius 1 is 1.40 bits per heavy atom. The molecule has 0 saturated heterocycles. The van der Waals surface area contributed by atoms with Crippen molar-refractivity contribution in [2.45, 2.75) is 32.8 Å². The standard InChI is InChI=1S/C10H17Cl2NO2/c1-10(2,3)15-9(14)13(4)7-5-6-8(11)12/h6H,5,7H2,1-4H3. The normalized spacial score (nSPS) is 10.8. The predicted octanol–water partition coefficient (Wildman–Crippen LogP) is 3.56. The summed E-state index contributed by atoms with van der Waals surface area (Å²) < 4.78 is 5.37. The minimum absolute atomic E-state index is 0.215. The van der Waals surface area contributed by atoms with Gasteiger partial charge in [-0.15, -0.1) is 0 Å². The summed E-state index contributed by atoms with van der Waals surface area (Å²) >= 11 is 10.9. The summed E-state index contributed by atoms with van der Waals surface area (Å²) in [6, 6.07) is 0. The van der Waals surface area contributed by atoms with Crippen LogP contribution in [0.3, 0.4) is 0 Å². The smallest absolute Gasteiger partial charge is 0.410 e. The molecule has 0 aliphatic rings. The Morgan fingerprint density at radius 3 is 2.33 bits per heavy atom. The molecule has 0 bridgehead atoms. The molecule has 0 fully saturated rings. The third kappa shape index (κ3) is 8.58. The molecule has 0 spiro atoms. The molecule has 0 heterocycles. The maximum absolute atomic E-state index is 11.5. The number of hydrogen-bond donors (Lipinski definition) is 0. The van der Waals surface area contributed by atoms with Crippen LogP contribution in [0, 0.1) is 0 Å². The van der Waals surface area contributed by atoms with E-state index >= 15 is 0 Å². The zero-order valence-corrected chi connectivity index (χ0v) is 11.0. The van der Waals surface area contributed by atoms with E-state index in [2.05, 4.69) is 0 Å². The van der Waals surface area contributed by atoms with E-state index in [9.17, 15) is 4.79 Å². The second-order valence-corrected chi connectivity index (χ2v) is 5.19. The molecular weight excluding hydrogens is 237 g/mol. The van der Waals surface area contributed by atoms with Crippen LogP contribution in [-0.4, -0.2) is 30.2 Å². The van der Waals surface area contributed by atoms with Gasteiger partial charge in [0.2, 0.25) is 0 Å². The molecule has 0 rings (SSSR count). The van der Waals surface area contributed by atoms with E-state index in [1.54, 1.807) is 13.1 Å². The summed E-state index contributed by atoms with van der Waals surface area (Å²) in [7, 11) is 1.67. The van der Waals surface area contributed by atoms with E-state index in [-0.39, 0.29) is 10.6 Å². The Bertz CT molecular complexity index is 242. The fourth-order valence-corrected chi connectivity index (χ4v) is 1.02. The lowest BCUT2D eigenvalue weighted by atomic mass is 10.2. The monoisotopic (exact) mass is 253 g/mol. The van der Waals surface area contributed by atoms with Crippen LogP contribution in [0.25, 0.3) is 0 Å². The van der Waals surface area contributed by atoms with Crippen LogP contribution >= 0.6 is 23.2 Å². The highest BCUT2D eigenvalue weighted by molar-refractivity contribution is 6.55.